The number of anilines is 1. The van der Waals surface area contributed by atoms with E-state index in [4.69, 9.17) is 11.6 Å². The molecule has 108 valence electrons. The zero-order valence-electron chi connectivity index (χ0n) is 11.8. The van der Waals surface area contributed by atoms with Gasteiger partial charge in [0.25, 0.3) is 0 Å². The molecule has 2 aromatic rings. The van der Waals surface area contributed by atoms with E-state index in [1.54, 1.807) is 10.7 Å². The molecule has 1 aliphatic carbocycles. The van der Waals surface area contributed by atoms with Crippen molar-refractivity contribution in [3.63, 3.8) is 0 Å². The molecule has 2 aromatic heterocycles. The standard InChI is InChI=1S/C15H21ClN4/c1-2-11-3-5-12(6-4-11)9-17-15-18-14-8-7-13(16)10-20(14)19-15/h7-8,10-12H,2-6,9H2,1H3,(H,17,19). The van der Waals surface area contributed by atoms with E-state index in [9.17, 15) is 0 Å². The van der Waals surface area contributed by atoms with Gasteiger partial charge in [-0.3, -0.25) is 0 Å². The molecule has 0 amide bonds. The van der Waals surface area contributed by atoms with Crippen LogP contribution in [-0.4, -0.2) is 21.1 Å². The van der Waals surface area contributed by atoms with Gasteiger partial charge in [-0.2, -0.15) is 4.98 Å². The van der Waals surface area contributed by atoms with E-state index in [1.165, 1.54) is 32.1 Å². The monoisotopic (exact) mass is 292 g/mol. The van der Waals surface area contributed by atoms with Crippen LogP contribution in [0.4, 0.5) is 5.95 Å². The van der Waals surface area contributed by atoms with Gasteiger partial charge in [-0.1, -0.05) is 37.8 Å². The average Bonchev–Trinajstić information content (AvgIpc) is 2.87. The molecule has 20 heavy (non-hydrogen) atoms. The molecule has 0 spiro atoms. The van der Waals surface area contributed by atoms with Crippen LogP contribution in [0.5, 0.6) is 0 Å². The molecule has 0 aliphatic heterocycles. The molecule has 0 radical (unpaired) electrons. The topological polar surface area (TPSA) is 42.2 Å². The highest BCUT2D eigenvalue weighted by Gasteiger charge is 2.20. The summed E-state index contributed by atoms with van der Waals surface area (Å²) in [5, 5.41) is 8.44. The summed E-state index contributed by atoms with van der Waals surface area (Å²) >= 11 is 5.95. The van der Waals surface area contributed by atoms with Gasteiger partial charge in [0.1, 0.15) is 0 Å². The lowest BCUT2D eigenvalue weighted by atomic mass is 9.81. The van der Waals surface area contributed by atoms with Crippen molar-refractivity contribution in [1.29, 1.82) is 0 Å². The van der Waals surface area contributed by atoms with Crippen molar-refractivity contribution in [1.82, 2.24) is 14.6 Å². The zero-order chi connectivity index (χ0) is 13.9. The molecule has 2 heterocycles. The van der Waals surface area contributed by atoms with E-state index in [0.717, 1.165) is 24.0 Å². The number of hydrogen-bond donors (Lipinski definition) is 1. The van der Waals surface area contributed by atoms with E-state index in [0.29, 0.717) is 11.0 Å². The van der Waals surface area contributed by atoms with Gasteiger partial charge in [0.05, 0.1) is 5.02 Å². The quantitative estimate of drug-likeness (QED) is 0.926. The summed E-state index contributed by atoms with van der Waals surface area (Å²) in [6, 6.07) is 3.72. The second-order valence-corrected chi connectivity index (χ2v) is 6.20. The maximum absolute atomic E-state index is 5.95. The molecule has 0 unspecified atom stereocenters. The van der Waals surface area contributed by atoms with E-state index < -0.39 is 0 Å². The molecule has 3 rings (SSSR count). The molecular formula is C15H21ClN4. The van der Waals surface area contributed by atoms with Crippen LogP contribution in [0.15, 0.2) is 18.3 Å². The Balaban J connectivity index is 1.57. The van der Waals surface area contributed by atoms with E-state index >= 15 is 0 Å². The van der Waals surface area contributed by atoms with Gasteiger partial charge in [0.15, 0.2) is 5.65 Å². The molecule has 1 N–H and O–H groups in total. The second kappa shape index (κ2) is 6.00. The van der Waals surface area contributed by atoms with Crippen molar-refractivity contribution < 1.29 is 0 Å². The number of halogens is 1. The average molecular weight is 293 g/mol. The summed E-state index contributed by atoms with van der Waals surface area (Å²) in [6.07, 6.45) is 8.50. The highest BCUT2D eigenvalue weighted by Crippen LogP contribution is 2.30. The fourth-order valence-electron chi connectivity index (χ4n) is 3.01. The highest BCUT2D eigenvalue weighted by molar-refractivity contribution is 6.30. The minimum absolute atomic E-state index is 0.673. The third-order valence-corrected chi connectivity index (χ3v) is 4.61. The molecule has 0 bridgehead atoms. The highest BCUT2D eigenvalue weighted by atomic mass is 35.5. The zero-order valence-corrected chi connectivity index (χ0v) is 12.6. The lowest BCUT2D eigenvalue weighted by Gasteiger charge is -2.27. The van der Waals surface area contributed by atoms with E-state index in [1.807, 2.05) is 12.1 Å². The summed E-state index contributed by atoms with van der Waals surface area (Å²) in [6.45, 7) is 3.27. The molecule has 4 nitrogen and oxygen atoms in total. The molecule has 0 saturated heterocycles. The van der Waals surface area contributed by atoms with Crippen LogP contribution >= 0.6 is 11.6 Å². The van der Waals surface area contributed by atoms with Crippen LogP contribution in [0.3, 0.4) is 0 Å². The Kier molecular flexibility index (Phi) is 4.10. The van der Waals surface area contributed by atoms with Gasteiger partial charge in [0.2, 0.25) is 5.95 Å². The van der Waals surface area contributed by atoms with Crippen molar-refractivity contribution in [3.05, 3.63) is 23.4 Å². The van der Waals surface area contributed by atoms with Crippen LogP contribution in [0.1, 0.15) is 39.0 Å². The molecule has 1 fully saturated rings. The molecule has 1 saturated carbocycles. The first-order chi connectivity index (χ1) is 9.74. The van der Waals surface area contributed by atoms with E-state index in [2.05, 4.69) is 22.3 Å². The first kappa shape index (κ1) is 13.7. The molecular weight excluding hydrogens is 272 g/mol. The Hall–Kier alpha value is -1.29. The van der Waals surface area contributed by atoms with Gasteiger partial charge in [-0.15, -0.1) is 5.10 Å². The molecule has 0 aromatic carbocycles. The van der Waals surface area contributed by atoms with Crippen LogP contribution in [0, 0.1) is 11.8 Å². The summed E-state index contributed by atoms with van der Waals surface area (Å²) in [4.78, 5) is 4.45. The summed E-state index contributed by atoms with van der Waals surface area (Å²) in [7, 11) is 0. The fraction of sp³-hybridized carbons (Fsp3) is 0.600. The summed E-state index contributed by atoms with van der Waals surface area (Å²) in [5.74, 6) is 2.40. The Morgan fingerprint density at radius 1 is 1.25 bits per heavy atom. The molecule has 0 atom stereocenters. The number of hydrogen-bond acceptors (Lipinski definition) is 3. The fourth-order valence-corrected chi connectivity index (χ4v) is 3.17. The van der Waals surface area contributed by atoms with Crippen molar-refractivity contribution in [3.8, 4) is 0 Å². The van der Waals surface area contributed by atoms with Gasteiger partial charge >= 0.3 is 0 Å². The number of pyridine rings is 1. The van der Waals surface area contributed by atoms with Gasteiger partial charge in [-0.25, -0.2) is 4.52 Å². The van der Waals surface area contributed by atoms with Crippen LogP contribution in [0.2, 0.25) is 5.02 Å². The predicted molar refractivity (Wildman–Crippen MR) is 82.2 cm³/mol. The van der Waals surface area contributed by atoms with Crippen molar-refractivity contribution in [2.24, 2.45) is 11.8 Å². The molecule has 1 aliphatic rings. The Labute approximate surface area is 124 Å². The number of rotatable bonds is 4. The predicted octanol–water partition coefficient (Wildman–Crippen LogP) is 4.01. The van der Waals surface area contributed by atoms with Gasteiger partial charge < -0.3 is 5.32 Å². The third kappa shape index (κ3) is 3.06. The number of nitrogens with one attached hydrogen (secondary N) is 1. The number of fused-ring (bicyclic) bond motifs is 1. The van der Waals surface area contributed by atoms with Crippen LogP contribution < -0.4 is 5.32 Å². The SMILES string of the molecule is CCC1CCC(CNc2nc3ccc(Cl)cn3n2)CC1. The summed E-state index contributed by atoms with van der Waals surface area (Å²) in [5.41, 5.74) is 0.826. The maximum Gasteiger partial charge on any atom is 0.243 e. The Morgan fingerprint density at radius 2 is 2.00 bits per heavy atom. The van der Waals surface area contributed by atoms with E-state index in [-0.39, 0.29) is 0 Å². The maximum atomic E-state index is 5.95. The van der Waals surface area contributed by atoms with Crippen LogP contribution in [0.25, 0.3) is 5.65 Å². The van der Waals surface area contributed by atoms with Crippen molar-refractivity contribution in [2.45, 2.75) is 39.0 Å². The lowest BCUT2D eigenvalue weighted by Crippen LogP contribution is -2.21. The summed E-state index contributed by atoms with van der Waals surface area (Å²) < 4.78 is 1.72. The minimum Gasteiger partial charge on any atom is -0.353 e. The largest absolute Gasteiger partial charge is 0.353 e. The first-order valence-electron chi connectivity index (χ1n) is 7.50. The van der Waals surface area contributed by atoms with Crippen molar-refractivity contribution in [2.75, 3.05) is 11.9 Å². The van der Waals surface area contributed by atoms with Gasteiger partial charge in [0, 0.05) is 12.7 Å². The molecule has 5 heteroatoms. The number of nitrogens with zero attached hydrogens (tertiary/aromatic N) is 3. The Bertz CT molecular complexity index is 572. The lowest BCUT2D eigenvalue weighted by molar-refractivity contribution is 0.278. The first-order valence-corrected chi connectivity index (χ1v) is 7.88. The van der Waals surface area contributed by atoms with Gasteiger partial charge in [-0.05, 0) is 36.8 Å². The smallest absolute Gasteiger partial charge is 0.243 e. The van der Waals surface area contributed by atoms with Crippen LogP contribution in [-0.2, 0) is 0 Å². The minimum atomic E-state index is 0.673. The third-order valence-electron chi connectivity index (χ3n) is 4.39. The second-order valence-electron chi connectivity index (χ2n) is 5.76. The normalized spacial score (nSPS) is 23.1. The Morgan fingerprint density at radius 3 is 2.75 bits per heavy atom. The number of aromatic nitrogens is 3. The van der Waals surface area contributed by atoms with Crippen molar-refractivity contribution >= 4 is 23.2 Å².